The summed E-state index contributed by atoms with van der Waals surface area (Å²) in [4.78, 5) is 12.6. The van der Waals surface area contributed by atoms with Crippen molar-refractivity contribution in [2.45, 2.75) is 6.04 Å². The molecule has 0 aromatic carbocycles. The van der Waals surface area contributed by atoms with Crippen molar-refractivity contribution >= 4 is 17.6 Å². The van der Waals surface area contributed by atoms with Crippen LogP contribution in [0.4, 0.5) is 0 Å². The maximum Gasteiger partial charge on any atom is 0.330 e. The molecule has 0 rings (SSSR count). The topological polar surface area (TPSA) is 29.5 Å². The molecule has 0 amide bonds. The zero-order valence-corrected chi connectivity index (χ0v) is 8.17. The van der Waals surface area contributed by atoms with E-state index >= 15 is 0 Å². The Kier molecular flexibility index (Phi) is 5.76. The van der Waals surface area contributed by atoms with Crippen LogP contribution in [0.2, 0.25) is 0 Å². The van der Waals surface area contributed by atoms with Gasteiger partial charge in [0.25, 0.3) is 0 Å². The number of alkyl halides is 1. The first-order valence-electron chi connectivity index (χ1n) is 3.63. The van der Waals surface area contributed by atoms with Crippen LogP contribution in [-0.4, -0.2) is 43.5 Å². The van der Waals surface area contributed by atoms with Crippen molar-refractivity contribution < 1.29 is 9.53 Å². The quantitative estimate of drug-likeness (QED) is 0.367. The molecule has 12 heavy (non-hydrogen) atoms. The van der Waals surface area contributed by atoms with Crippen molar-refractivity contribution in [2.75, 3.05) is 26.6 Å². The normalized spacial score (nSPS) is 12.7. The molecule has 3 nitrogen and oxygen atoms in total. The molecule has 0 fully saturated rings. The fourth-order valence-electron chi connectivity index (χ4n) is 0.569. The van der Waals surface area contributed by atoms with Crippen LogP contribution in [-0.2, 0) is 9.53 Å². The Morgan fingerprint density at radius 1 is 1.75 bits per heavy atom. The number of esters is 1. The monoisotopic (exact) mass is 191 g/mol. The maximum absolute atomic E-state index is 10.7. The average Bonchev–Trinajstić information content (AvgIpc) is 2.04. The van der Waals surface area contributed by atoms with Crippen LogP contribution in [0.5, 0.6) is 0 Å². The minimum Gasteiger partial charge on any atom is -0.461 e. The second-order valence-corrected chi connectivity index (χ2v) is 2.91. The number of hydrogen-bond acceptors (Lipinski definition) is 3. The Hall–Kier alpha value is -0.540. The van der Waals surface area contributed by atoms with Crippen molar-refractivity contribution in [3.8, 4) is 0 Å². The molecule has 70 valence electrons. The van der Waals surface area contributed by atoms with E-state index in [1.165, 1.54) is 0 Å². The third-order valence-electron chi connectivity index (χ3n) is 1.49. The molecular formula is C8H14ClNO2. The van der Waals surface area contributed by atoms with Crippen molar-refractivity contribution in [3.63, 3.8) is 0 Å². The highest BCUT2D eigenvalue weighted by Gasteiger charge is 2.11. The number of nitrogens with zero attached hydrogens (tertiary/aromatic N) is 1. The number of hydrogen-bond donors (Lipinski definition) is 0. The number of ether oxygens (including phenoxy) is 1. The van der Waals surface area contributed by atoms with Crippen LogP contribution in [0, 0.1) is 0 Å². The first-order valence-corrected chi connectivity index (χ1v) is 4.16. The SMILES string of the molecule is C=CC(=O)OCC(CCl)N(C)C. The molecule has 0 radical (unpaired) electrons. The molecule has 0 aromatic heterocycles. The van der Waals surface area contributed by atoms with Gasteiger partial charge >= 0.3 is 5.97 Å². The van der Waals surface area contributed by atoms with Gasteiger partial charge in [0, 0.05) is 12.0 Å². The number of carbonyl (C=O) groups excluding carboxylic acids is 1. The van der Waals surface area contributed by atoms with E-state index in [2.05, 4.69) is 6.58 Å². The summed E-state index contributed by atoms with van der Waals surface area (Å²) in [6.45, 7) is 3.60. The molecule has 0 aliphatic carbocycles. The number of rotatable bonds is 5. The number of carbonyl (C=O) groups is 1. The molecule has 0 saturated heterocycles. The van der Waals surface area contributed by atoms with Crippen LogP contribution in [0.15, 0.2) is 12.7 Å². The van der Waals surface area contributed by atoms with Gasteiger partial charge in [-0.1, -0.05) is 6.58 Å². The van der Waals surface area contributed by atoms with Gasteiger partial charge in [-0.2, -0.15) is 0 Å². The minimum atomic E-state index is -0.410. The third-order valence-corrected chi connectivity index (χ3v) is 1.85. The van der Waals surface area contributed by atoms with E-state index in [1.54, 1.807) is 0 Å². The lowest BCUT2D eigenvalue weighted by atomic mass is 10.3. The maximum atomic E-state index is 10.7. The van der Waals surface area contributed by atoms with Gasteiger partial charge in [-0.3, -0.25) is 0 Å². The van der Waals surface area contributed by atoms with Crippen LogP contribution in [0.25, 0.3) is 0 Å². The molecule has 0 bridgehead atoms. The molecule has 4 heteroatoms. The van der Waals surface area contributed by atoms with Crippen LogP contribution in [0.1, 0.15) is 0 Å². The molecule has 1 atom stereocenters. The third kappa shape index (κ3) is 4.36. The summed E-state index contributed by atoms with van der Waals surface area (Å²) in [5.41, 5.74) is 0. The molecule has 0 N–H and O–H groups in total. The van der Waals surface area contributed by atoms with Gasteiger partial charge in [0.1, 0.15) is 6.61 Å². The predicted molar refractivity (Wildman–Crippen MR) is 49.4 cm³/mol. The predicted octanol–water partition coefficient (Wildman–Crippen LogP) is 0.885. The van der Waals surface area contributed by atoms with Crippen LogP contribution in [0.3, 0.4) is 0 Å². The number of halogens is 1. The summed E-state index contributed by atoms with van der Waals surface area (Å²) in [5.74, 6) is 0.0317. The largest absolute Gasteiger partial charge is 0.461 e. The van der Waals surface area contributed by atoms with Crippen molar-refractivity contribution in [1.29, 1.82) is 0 Å². The second kappa shape index (κ2) is 6.03. The van der Waals surface area contributed by atoms with E-state index in [-0.39, 0.29) is 6.04 Å². The first kappa shape index (κ1) is 11.5. The van der Waals surface area contributed by atoms with Gasteiger partial charge < -0.3 is 9.64 Å². The zero-order chi connectivity index (χ0) is 9.56. The van der Waals surface area contributed by atoms with Gasteiger partial charge in [0.15, 0.2) is 0 Å². The molecule has 0 aliphatic heterocycles. The molecule has 0 saturated carbocycles. The summed E-state index contributed by atoms with van der Waals surface area (Å²) in [6.07, 6.45) is 1.14. The van der Waals surface area contributed by atoms with E-state index in [1.807, 2.05) is 19.0 Å². The standard InChI is InChI=1S/C8H14ClNO2/c1-4-8(11)12-6-7(5-9)10(2)3/h4,7H,1,5-6H2,2-3H3. The Balaban J connectivity index is 3.72. The zero-order valence-electron chi connectivity index (χ0n) is 7.42. The van der Waals surface area contributed by atoms with Crippen molar-refractivity contribution in [1.82, 2.24) is 4.90 Å². The molecular weight excluding hydrogens is 178 g/mol. The summed E-state index contributed by atoms with van der Waals surface area (Å²) in [5, 5.41) is 0. The van der Waals surface area contributed by atoms with Gasteiger partial charge in [0.2, 0.25) is 0 Å². The van der Waals surface area contributed by atoms with E-state index in [0.29, 0.717) is 12.5 Å². The van der Waals surface area contributed by atoms with Gasteiger partial charge in [-0.15, -0.1) is 11.6 Å². The highest BCUT2D eigenvalue weighted by molar-refractivity contribution is 6.18. The van der Waals surface area contributed by atoms with Crippen molar-refractivity contribution in [2.24, 2.45) is 0 Å². The summed E-state index contributed by atoms with van der Waals surface area (Å²) in [6, 6.07) is 0.0653. The lowest BCUT2D eigenvalue weighted by Crippen LogP contribution is -2.34. The van der Waals surface area contributed by atoms with Crippen molar-refractivity contribution in [3.05, 3.63) is 12.7 Å². The highest BCUT2D eigenvalue weighted by atomic mass is 35.5. The Labute approximate surface area is 77.9 Å². The van der Waals surface area contributed by atoms with Gasteiger partial charge in [0.05, 0.1) is 6.04 Å². The fraction of sp³-hybridized carbons (Fsp3) is 0.625. The highest BCUT2D eigenvalue weighted by Crippen LogP contribution is 1.97. The Bertz CT molecular complexity index is 159. The van der Waals surface area contributed by atoms with Gasteiger partial charge in [-0.05, 0) is 14.1 Å². The van der Waals surface area contributed by atoms with E-state index in [0.717, 1.165) is 6.08 Å². The van der Waals surface area contributed by atoms with Crippen LogP contribution >= 0.6 is 11.6 Å². The molecule has 0 heterocycles. The summed E-state index contributed by atoms with van der Waals surface area (Å²) < 4.78 is 4.82. The lowest BCUT2D eigenvalue weighted by Gasteiger charge is -2.20. The minimum absolute atomic E-state index is 0.0653. The van der Waals surface area contributed by atoms with E-state index in [9.17, 15) is 4.79 Å². The first-order chi connectivity index (χ1) is 5.61. The molecule has 0 spiro atoms. The van der Waals surface area contributed by atoms with Gasteiger partial charge in [-0.25, -0.2) is 4.79 Å². The Morgan fingerprint density at radius 2 is 2.33 bits per heavy atom. The average molecular weight is 192 g/mol. The second-order valence-electron chi connectivity index (χ2n) is 2.61. The Morgan fingerprint density at radius 3 is 2.67 bits per heavy atom. The smallest absolute Gasteiger partial charge is 0.330 e. The molecule has 0 aromatic rings. The fourth-order valence-corrected chi connectivity index (χ4v) is 0.934. The molecule has 0 aliphatic rings. The molecule has 1 unspecified atom stereocenters. The lowest BCUT2D eigenvalue weighted by molar-refractivity contribution is -0.139. The van der Waals surface area contributed by atoms with E-state index < -0.39 is 5.97 Å². The summed E-state index contributed by atoms with van der Waals surface area (Å²) in [7, 11) is 3.77. The van der Waals surface area contributed by atoms with E-state index in [4.69, 9.17) is 16.3 Å². The summed E-state index contributed by atoms with van der Waals surface area (Å²) >= 11 is 5.63. The number of likely N-dealkylation sites (N-methyl/N-ethyl adjacent to an activating group) is 1. The van der Waals surface area contributed by atoms with Crippen LogP contribution < -0.4 is 0 Å².